The number of ether oxygens (including phenoxy) is 1. The fraction of sp³-hybridized carbons (Fsp3) is 0.500. The van der Waals surface area contributed by atoms with E-state index in [1.165, 1.54) is 25.0 Å². The average Bonchev–Trinajstić information content (AvgIpc) is 2.30. The van der Waals surface area contributed by atoms with Crippen LogP contribution in [0.25, 0.3) is 0 Å². The molecule has 1 rings (SSSR count). The first-order chi connectivity index (χ1) is 8.15. The van der Waals surface area contributed by atoms with Crippen LogP contribution in [-0.4, -0.2) is 11.5 Å². The van der Waals surface area contributed by atoms with Crippen molar-refractivity contribution in [3.05, 3.63) is 32.8 Å². The molecule has 0 heterocycles. The first kappa shape index (κ1) is 14.0. The van der Waals surface area contributed by atoms with Gasteiger partial charge in [0.1, 0.15) is 5.75 Å². The van der Waals surface area contributed by atoms with Gasteiger partial charge in [0.25, 0.3) is 5.69 Å². The van der Waals surface area contributed by atoms with Gasteiger partial charge < -0.3 is 4.74 Å². The number of benzene rings is 1. The van der Waals surface area contributed by atoms with E-state index in [1.54, 1.807) is 6.07 Å². The summed E-state index contributed by atoms with van der Waals surface area (Å²) in [6.07, 6.45) is 4.48. The van der Waals surface area contributed by atoms with Crippen LogP contribution < -0.4 is 4.74 Å². The third kappa shape index (κ3) is 4.73. The fourth-order valence-corrected chi connectivity index (χ4v) is 1.79. The molecule has 0 N–H and O–H groups in total. The molecule has 1 aromatic rings. The molecule has 0 aliphatic carbocycles. The van der Waals surface area contributed by atoms with Gasteiger partial charge in [-0.3, -0.25) is 10.1 Å². The Labute approximate surface area is 109 Å². The summed E-state index contributed by atoms with van der Waals surface area (Å²) in [6, 6.07) is 4.54. The third-order valence-corrected chi connectivity index (χ3v) is 3.04. The van der Waals surface area contributed by atoms with Crippen LogP contribution in [0, 0.1) is 10.1 Å². The SMILES string of the molecule is CCCCCCOc1cc([N+](=O)[O-])ccc1Br. The maximum atomic E-state index is 10.6. The van der Waals surface area contributed by atoms with Crippen LogP contribution in [0.1, 0.15) is 32.6 Å². The highest BCUT2D eigenvalue weighted by Gasteiger charge is 2.10. The van der Waals surface area contributed by atoms with Crippen molar-refractivity contribution in [2.75, 3.05) is 6.61 Å². The van der Waals surface area contributed by atoms with E-state index in [0.29, 0.717) is 12.4 Å². The molecule has 17 heavy (non-hydrogen) atoms. The lowest BCUT2D eigenvalue weighted by atomic mass is 10.2. The zero-order valence-electron chi connectivity index (χ0n) is 9.82. The number of rotatable bonds is 7. The van der Waals surface area contributed by atoms with Gasteiger partial charge in [-0.25, -0.2) is 0 Å². The maximum Gasteiger partial charge on any atom is 0.273 e. The molecule has 0 atom stereocenters. The minimum Gasteiger partial charge on any atom is -0.492 e. The van der Waals surface area contributed by atoms with Gasteiger partial charge in [-0.1, -0.05) is 26.2 Å². The summed E-state index contributed by atoms with van der Waals surface area (Å²) >= 11 is 3.31. The van der Waals surface area contributed by atoms with Crippen molar-refractivity contribution in [3.8, 4) is 5.75 Å². The number of nitro benzene ring substituents is 1. The van der Waals surface area contributed by atoms with Crippen molar-refractivity contribution in [2.24, 2.45) is 0 Å². The van der Waals surface area contributed by atoms with E-state index in [9.17, 15) is 10.1 Å². The predicted molar refractivity (Wildman–Crippen MR) is 70.4 cm³/mol. The van der Waals surface area contributed by atoms with E-state index in [0.717, 1.165) is 17.3 Å². The minimum atomic E-state index is -0.420. The lowest BCUT2D eigenvalue weighted by Gasteiger charge is -2.07. The Morgan fingerprint density at radius 2 is 2.12 bits per heavy atom. The largest absolute Gasteiger partial charge is 0.492 e. The predicted octanol–water partition coefficient (Wildman–Crippen LogP) is 4.32. The molecule has 0 fully saturated rings. The van der Waals surface area contributed by atoms with Gasteiger partial charge in [-0.05, 0) is 28.4 Å². The summed E-state index contributed by atoms with van der Waals surface area (Å²) in [5, 5.41) is 10.6. The van der Waals surface area contributed by atoms with Crippen molar-refractivity contribution in [1.82, 2.24) is 0 Å². The zero-order chi connectivity index (χ0) is 12.7. The van der Waals surface area contributed by atoms with Crippen LogP contribution in [0.5, 0.6) is 5.75 Å². The summed E-state index contributed by atoms with van der Waals surface area (Å²) in [4.78, 5) is 10.2. The highest BCUT2D eigenvalue weighted by molar-refractivity contribution is 9.10. The molecule has 4 nitrogen and oxygen atoms in total. The zero-order valence-corrected chi connectivity index (χ0v) is 11.4. The molecule has 0 radical (unpaired) electrons. The van der Waals surface area contributed by atoms with Crippen LogP contribution in [-0.2, 0) is 0 Å². The standard InChI is InChI=1S/C12H16BrNO3/c1-2-3-4-5-8-17-12-9-10(14(15)16)6-7-11(12)13/h6-7,9H,2-5,8H2,1H3. The van der Waals surface area contributed by atoms with Gasteiger partial charge in [0, 0.05) is 6.07 Å². The molecule has 0 aliphatic heterocycles. The van der Waals surface area contributed by atoms with Crippen molar-refractivity contribution in [3.63, 3.8) is 0 Å². The minimum absolute atomic E-state index is 0.0526. The van der Waals surface area contributed by atoms with Gasteiger partial charge in [0.2, 0.25) is 0 Å². The number of halogens is 1. The average molecular weight is 302 g/mol. The van der Waals surface area contributed by atoms with E-state index in [2.05, 4.69) is 22.9 Å². The molecule has 0 unspecified atom stereocenters. The molecule has 0 saturated carbocycles. The first-order valence-electron chi connectivity index (χ1n) is 5.72. The van der Waals surface area contributed by atoms with E-state index >= 15 is 0 Å². The molecule has 0 amide bonds. The topological polar surface area (TPSA) is 52.4 Å². The molecule has 0 aliphatic rings. The van der Waals surface area contributed by atoms with Crippen LogP contribution in [0.3, 0.4) is 0 Å². The molecule has 94 valence electrons. The lowest BCUT2D eigenvalue weighted by molar-refractivity contribution is -0.385. The Morgan fingerprint density at radius 3 is 2.76 bits per heavy atom. The molecular weight excluding hydrogens is 286 g/mol. The molecule has 0 bridgehead atoms. The quantitative estimate of drug-likeness (QED) is 0.428. The summed E-state index contributed by atoms with van der Waals surface area (Å²) in [7, 11) is 0. The molecule has 0 aromatic heterocycles. The van der Waals surface area contributed by atoms with Gasteiger partial charge in [-0.15, -0.1) is 0 Å². The molecule has 0 saturated heterocycles. The van der Waals surface area contributed by atoms with Crippen LogP contribution in [0.4, 0.5) is 5.69 Å². The Balaban J connectivity index is 2.51. The normalized spacial score (nSPS) is 10.2. The Morgan fingerprint density at radius 1 is 1.35 bits per heavy atom. The summed E-state index contributed by atoms with van der Waals surface area (Å²) in [6.45, 7) is 2.75. The number of hydrogen-bond donors (Lipinski definition) is 0. The van der Waals surface area contributed by atoms with Gasteiger partial charge >= 0.3 is 0 Å². The second-order valence-corrected chi connectivity index (χ2v) is 4.64. The third-order valence-electron chi connectivity index (χ3n) is 2.38. The van der Waals surface area contributed by atoms with Gasteiger partial charge in [0.15, 0.2) is 0 Å². The van der Waals surface area contributed by atoms with E-state index in [4.69, 9.17) is 4.74 Å². The van der Waals surface area contributed by atoms with Gasteiger partial charge in [-0.2, -0.15) is 0 Å². The fourth-order valence-electron chi connectivity index (χ4n) is 1.43. The van der Waals surface area contributed by atoms with Crippen molar-refractivity contribution in [1.29, 1.82) is 0 Å². The highest BCUT2D eigenvalue weighted by atomic mass is 79.9. The van der Waals surface area contributed by atoms with Crippen LogP contribution >= 0.6 is 15.9 Å². The second kappa shape index (κ2) is 7.27. The molecule has 1 aromatic carbocycles. The Bertz CT molecular complexity index is 382. The number of nitro groups is 1. The highest BCUT2D eigenvalue weighted by Crippen LogP contribution is 2.29. The number of non-ortho nitro benzene ring substituents is 1. The Hall–Kier alpha value is -1.10. The monoisotopic (exact) mass is 301 g/mol. The molecule has 0 spiro atoms. The number of hydrogen-bond acceptors (Lipinski definition) is 3. The van der Waals surface area contributed by atoms with E-state index in [1.807, 2.05) is 0 Å². The smallest absolute Gasteiger partial charge is 0.273 e. The maximum absolute atomic E-state index is 10.6. The first-order valence-corrected chi connectivity index (χ1v) is 6.51. The van der Waals surface area contributed by atoms with Crippen molar-refractivity contribution >= 4 is 21.6 Å². The number of unbranched alkanes of at least 4 members (excludes halogenated alkanes) is 3. The summed E-state index contributed by atoms with van der Waals surface area (Å²) < 4.78 is 6.27. The van der Waals surface area contributed by atoms with Crippen LogP contribution in [0.15, 0.2) is 22.7 Å². The molecule has 5 heteroatoms. The van der Waals surface area contributed by atoms with Gasteiger partial charge in [0.05, 0.1) is 22.1 Å². The summed E-state index contributed by atoms with van der Waals surface area (Å²) in [5.41, 5.74) is 0.0526. The van der Waals surface area contributed by atoms with Crippen molar-refractivity contribution in [2.45, 2.75) is 32.6 Å². The molecular formula is C12H16BrNO3. The summed E-state index contributed by atoms with van der Waals surface area (Å²) in [5.74, 6) is 0.538. The van der Waals surface area contributed by atoms with E-state index < -0.39 is 4.92 Å². The number of nitrogens with zero attached hydrogens (tertiary/aromatic N) is 1. The second-order valence-electron chi connectivity index (χ2n) is 3.78. The van der Waals surface area contributed by atoms with Crippen LogP contribution in [0.2, 0.25) is 0 Å². The van der Waals surface area contributed by atoms with Crippen molar-refractivity contribution < 1.29 is 9.66 Å². The van der Waals surface area contributed by atoms with E-state index in [-0.39, 0.29) is 5.69 Å². The lowest BCUT2D eigenvalue weighted by Crippen LogP contribution is -1.98. The Kier molecular flexibility index (Phi) is 5.97.